The van der Waals surface area contributed by atoms with Gasteiger partial charge in [-0.15, -0.1) is 0 Å². The quantitative estimate of drug-likeness (QED) is 0.838. The highest BCUT2D eigenvalue weighted by Gasteiger charge is 2.33. The molecule has 0 bridgehead atoms. The lowest BCUT2D eigenvalue weighted by molar-refractivity contribution is -0.153. The summed E-state index contributed by atoms with van der Waals surface area (Å²) >= 11 is 0. The molecule has 1 fully saturated rings. The number of piperidine rings is 1. The molecule has 0 spiro atoms. The van der Waals surface area contributed by atoms with E-state index in [0.717, 1.165) is 13.1 Å². The molecule has 4 heteroatoms. The zero-order valence-corrected chi connectivity index (χ0v) is 11.3. The van der Waals surface area contributed by atoms with E-state index in [-0.39, 0.29) is 12.0 Å². The van der Waals surface area contributed by atoms with Gasteiger partial charge in [0.15, 0.2) is 0 Å². The summed E-state index contributed by atoms with van der Waals surface area (Å²) in [6.07, 6.45) is 0.774. The number of aliphatic hydroxyl groups is 1. The maximum Gasteiger partial charge on any atom is 0.323 e. The molecule has 0 aromatic heterocycles. The van der Waals surface area contributed by atoms with Gasteiger partial charge in [0.1, 0.15) is 6.04 Å². The van der Waals surface area contributed by atoms with Crippen LogP contribution >= 0.6 is 0 Å². The number of carbonyl (C=O) groups excluding carboxylic acids is 1. The highest BCUT2D eigenvalue weighted by molar-refractivity contribution is 5.76. The van der Waals surface area contributed by atoms with Gasteiger partial charge in [0.2, 0.25) is 0 Å². The van der Waals surface area contributed by atoms with E-state index >= 15 is 0 Å². The van der Waals surface area contributed by atoms with Crippen LogP contribution < -0.4 is 0 Å². The molecule has 0 aliphatic carbocycles. The zero-order valence-electron chi connectivity index (χ0n) is 11.3. The Bertz CT molecular complexity index is 407. The van der Waals surface area contributed by atoms with Crippen LogP contribution in [-0.4, -0.2) is 41.3 Å². The van der Waals surface area contributed by atoms with Crippen LogP contribution in [0.4, 0.5) is 0 Å². The first kappa shape index (κ1) is 14.0. The summed E-state index contributed by atoms with van der Waals surface area (Å²) in [6, 6.07) is 9.73. The number of aliphatic hydroxyl groups excluding tert-OH is 1. The first-order valence-corrected chi connectivity index (χ1v) is 6.83. The van der Waals surface area contributed by atoms with Gasteiger partial charge in [0.05, 0.1) is 12.7 Å². The lowest BCUT2D eigenvalue weighted by Crippen LogP contribution is -2.48. The predicted octanol–water partition coefficient (Wildman–Crippen LogP) is 1.57. The van der Waals surface area contributed by atoms with Crippen molar-refractivity contribution in [2.24, 2.45) is 0 Å². The van der Waals surface area contributed by atoms with Gasteiger partial charge < -0.3 is 9.84 Å². The summed E-state index contributed by atoms with van der Waals surface area (Å²) in [7, 11) is 0. The van der Waals surface area contributed by atoms with Crippen molar-refractivity contribution in [2.45, 2.75) is 38.5 Å². The second-order valence-corrected chi connectivity index (χ2v) is 4.90. The van der Waals surface area contributed by atoms with E-state index in [4.69, 9.17) is 4.74 Å². The van der Waals surface area contributed by atoms with E-state index in [9.17, 15) is 9.90 Å². The molecule has 4 nitrogen and oxygen atoms in total. The molecule has 19 heavy (non-hydrogen) atoms. The van der Waals surface area contributed by atoms with Crippen molar-refractivity contribution < 1.29 is 14.6 Å². The Morgan fingerprint density at radius 1 is 1.42 bits per heavy atom. The van der Waals surface area contributed by atoms with E-state index in [1.165, 1.54) is 5.56 Å². The number of hydrogen-bond donors (Lipinski definition) is 1. The largest absolute Gasteiger partial charge is 0.465 e. The van der Waals surface area contributed by atoms with Crippen molar-refractivity contribution in [3.05, 3.63) is 35.9 Å². The van der Waals surface area contributed by atoms with Crippen molar-refractivity contribution >= 4 is 5.97 Å². The van der Waals surface area contributed by atoms with Crippen LogP contribution in [0, 0.1) is 0 Å². The van der Waals surface area contributed by atoms with Crippen LogP contribution in [0.1, 0.15) is 25.3 Å². The SMILES string of the molecule is CCOC(=O)[C@H]1C[C@H](O)CCN1Cc1ccccc1. The first-order chi connectivity index (χ1) is 9.20. The van der Waals surface area contributed by atoms with Crippen LogP contribution in [-0.2, 0) is 16.1 Å². The first-order valence-electron chi connectivity index (χ1n) is 6.83. The number of ether oxygens (including phenoxy) is 1. The fourth-order valence-corrected chi connectivity index (χ4v) is 2.49. The Hall–Kier alpha value is -1.39. The van der Waals surface area contributed by atoms with Crippen LogP contribution in [0.5, 0.6) is 0 Å². The summed E-state index contributed by atoms with van der Waals surface area (Å²) in [5, 5.41) is 9.75. The van der Waals surface area contributed by atoms with Gasteiger partial charge in [-0.2, -0.15) is 0 Å². The number of esters is 1. The minimum atomic E-state index is -0.401. The van der Waals surface area contributed by atoms with Gasteiger partial charge in [-0.1, -0.05) is 30.3 Å². The van der Waals surface area contributed by atoms with E-state index in [2.05, 4.69) is 4.90 Å². The van der Waals surface area contributed by atoms with Gasteiger partial charge >= 0.3 is 5.97 Å². The van der Waals surface area contributed by atoms with E-state index in [1.54, 1.807) is 6.92 Å². The Labute approximate surface area is 114 Å². The molecule has 2 rings (SSSR count). The average Bonchev–Trinajstić information content (AvgIpc) is 2.42. The van der Waals surface area contributed by atoms with Crippen molar-refractivity contribution in [3.63, 3.8) is 0 Å². The molecule has 1 saturated heterocycles. The molecule has 1 aromatic carbocycles. The Balaban J connectivity index is 2.05. The monoisotopic (exact) mass is 263 g/mol. The molecule has 0 saturated carbocycles. The van der Waals surface area contributed by atoms with Crippen LogP contribution in [0.15, 0.2) is 30.3 Å². The summed E-state index contributed by atoms with van der Waals surface area (Å²) in [4.78, 5) is 14.1. The van der Waals surface area contributed by atoms with Crippen LogP contribution in [0.25, 0.3) is 0 Å². The number of nitrogens with zero attached hydrogens (tertiary/aromatic N) is 1. The molecular weight excluding hydrogens is 242 g/mol. The molecule has 0 amide bonds. The van der Waals surface area contributed by atoms with Gasteiger partial charge in [-0.05, 0) is 25.3 Å². The molecule has 1 aliphatic rings. The lowest BCUT2D eigenvalue weighted by Gasteiger charge is -2.36. The average molecular weight is 263 g/mol. The van der Waals surface area contributed by atoms with Crippen molar-refractivity contribution in [2.75, 3.05) is 13.2 Å². The van der Waals surface area contributed by atoms with Crippen molar-refractivity contribution in [1.29, 1.82) is 0 Å². The molecule has 1 aromatic rings. The topological polar surface area (TPSA) is 49.8 Å². The minimum absolute atomic E-state index is 0.225. The lowest BCUT2D eigenvalue weighted by atomic mass is 9.98. The number of benzene rings is 1. The second-order valence-electron chi connectivity index (χ2n) is 4.90. The third-order valence-electron chi connectivity index (χ3n) is 3.47. The molecule has 1 aliphatic heterocycles. The maximum atomic E-state index is 12.0. The van der Waals surface area contributed by atoms with Gasteiger partial charge in [0.25, 0.3) is 0 Å². The normalized spacial score (nSPS) is 24.1. The summed E-state index contributed by atoms with van der Waals surface area (Å²) < 4.78 is 5.11. The van der Waals surface area contributed by atoms with E-state index in [1.807, 2.05) is 30.3 Å². The number of hydrogen-bond acceptors (Lipinski definition) is 4. The van der Waals surface area contributed by atoms with Gasteiger partial charge in [0, 0.05) is 13.1 Å². The highest BCUT2D eigenvalue weighted by atomic mass is 16.5. The highest BCUT2D eigenvalue weighted by Crippen LogP contribution is 2.21. The number of carbonyl (C=O) groups is 1. The Kier molecular flexibility index (Phi) is 4.93. The van der Waals surface area contributed by atoms with Crippen molar-refractivity contribution in [3.8, 4) is 0 Å². The molecule has 104 valence electrons. The molecule has 1 heterocycles. The molecular formula is C15H21NO3. The third kappa shape index (κ3) is 3.78. The number of likely N-dealkylation sites (tertiary alicyclic amines) is 1. The fourth-order valence-electron chi connectivity index (χ4n) is 2.49. The minimum Gasteiger partial charge on any atom is -0.465 e. The summed E-state index contributed by atoms with van der Waals surface area (Å²) in [5.41, 5.74) is 1.17. The molecule has 1 N–H and O–H groups in total. The Morgan fingerprint density at radius 3 is 2.84 bits per heavy atom. The molecule has 0 unspecified atom stereocenters. The second kappa shape index (κ2) is 6.68. The predicted molar refractivity (Wildman–Crippen MR) is 72.5 cm³/mol. The van der Waals surface area contributed by atoms with E-state index in [0.29, 0.717) is 19.4 Å². The third-order valence-corrected chi connectivity index (χ3v) is 3.47. The maximum absolute atomic E-state index is 12.0. The van der Waals surface area contributed by atoms with E-state index < -0.39 is 6.10 Å². The smallest absolute Gasteiger partial charge is 0.323 e. The standard InChI is InChI=1S/C15H21NO3/c1-2-19-15(18)14-10-13(17)8-9-16(14)11-12-6-4-3-5-7-12/h3-7,13-14,17H,2,8-11H2,1H3/t13-,14-/m1/s1. The van der Waals surface area contributed by atoms with Crippen LogP contribution in [0.3, 0.4) is 0 Å². The fraction of sp³-hybridized carbons (Fsp3) is 0.533. The van der Waals surface area contributed by atoms with Crippen LogP contribution in [0.2, 0.25) is 0 Å². The number of rotatable bonds is 4. The van der Waals surface area contributed by atoms with Crippen molar-refractivity contribution in [1.82, 2.24) is 4.90 Å². The molecule has 2 atom stereocenters. The molecule has 0 radical (unpaired) electrons. The summed E-state index contributed by atoms with van der Waals surface area (Å²) in [5.74, 6) is -0.225. The van der Waals surface area contributed by atoms with Gasteiger partial charge in [-0.25, -0.2) is 0 Å². The zero-order chi connectivity index (χ0) is 13.7. The summed E-state index contributed by atoms with van der Waals surface area (Å²) in [6.45, 7) is 3.62. The van der Waals surface area contributed by atoms with Gasteiger partial charge in [-0.3, -0.25) is 9.69 Å². The Morgan fingerprint density at radius 2 is 2.16 bits per heavy atom.